The number of pyridine rings is 1. The zero-order valence-electron chi connectivity index (χ0n) is 19.6. The second-order valence-electron chi connectivity index (χ2n) is 8.21. The summed E-state index contributed by atoms with van der Waals surface area (Å²) in [5.41, 5.74) is 2.53. The van der Waals surface area contributed by atoms with E-state index in [0.717, 1.165) is 39.6 Å². The topological polar surface area (TPSA) is 92.7 Å². The average molecular weight is 479 g/mol. The molecule has 0 radical (unpaired) electrons. The van der Waals surface area contributed by atoms with E-state index in [1.165, 1.54) is 7.05 Å². The van der Waals surface area contributed by atoms with Gasteiger partial charge in [-0.05, 0) is 30.7 Å². The van der Waals surface area contributed by atoms with E-state index in [9.17, 15) is 9.18 Å². The van der Waals surface area contributed by atoms with Gasteiger partial charge in [0.05, 0.1) is 32.9 Å². The number of nitrogens with zero attached hydrogens (tertiary/aromatic N) is 4. The molecular weight excluding hydrogens is 451 g/mol. The standard InChI is InChI=1S/C25H27FN6OS/c1-5-16(17-7-6-8-18-23(25(33)27-4)19(26)11-30-24(17)18)14(2)10-29-22-9-20(31-13-32-22)21-12-28-15(3)34-21/h6-9,11-14,16H,5,10H2,1-4H3,(H,27,33)(H,29,31,32). The number of carbonyl (C=O) groups is 1. The first-order chi connectivity index (χ1) is 16.4. The average Bonchev–Trinajstić information content (AvgIpc) is 3.29. The Morgan fingerprint density at radius 3 is 2.71 bits per heavy atom. The summed E-state index contributed by atoms with van der Waals surface area (Å²) < 4.78 is 14.4. The molecule has 0 spiro atoms. The summed E-state index contributed by atoms with van der Waals surface area (Å²) in [7, 11) is 1.50. The van der Waals surface area contributed by atoms with E-state index in [1.807, 2.05) is 31.3 Å². The summed E-state index contributed by atoms with van der Waals surface area (Å²) in [5.74, 6) is 0.0351. The van der Waals surface area contributed by atoms with Crippen LogP contribution in [0.4, 0.5) is 10.2 Å². The second kappa shape index (κ2) is 10.2. The van der Waals surface area contributed by atoms with E-state index in [-0.39, 0.29) is 17.4 Å². The van der Waals surface area contributed by atoms with Gasteiger partial charge >= 0.3 is 0 Å². The first-order valence-electron chi connectivity index (χ1n) is 11.2. The van der Waals surface area contributed by atoms with Gasteiger partial charge in [-0.1, -0.05) is 32.0 Å². The van der Waals surface area contributed by atoms with Gasteiger partial charge in [0.25, 0.3) is 5.91 Å². The van der Waals surface area contributed by atoms with Crippen LogP contribution in [0.5, 0.6) is 0 Å². The van der Waals surface area contributed by atoms with Gasteiger partial charge in [0.15, 0.2) is 5.82 Å². The molecule has 9 heteroatoms. The van der Waals surface area contributed by atoms with Crippen LogP contribution in [0.25, 0.3) is 21.5 Å². The third-order valence-corrected chi connectivity index (χ3v) is 6.94. The highest BCUT2D eigenvalue weighted by molar-refractivity contribution is 7.15. The minimum absolute atomic E-state index is 0.0294. The molecule has 0 aliphatic carbocycles. The molecule has 0 saturated carbocycles. The number of benzene rings is 1. The highest BCUT2D eigenvalue weighted by Gasteiger charge is 2.23. The Bertz CT molecular complexity index is 1320. The molecular formula is C25H27FN6OS. The third-order valence-electron chi connectivity index (χ3n) is 6.01. The van der Waals surface area contributed by atoms with Crippen LogP contribution >= 0.6 is 11.3 Å². The SMILES string of the molecule is CCC(c1cccc2c(C(=O)NC)c(F)cnc12)C(C)CNc1cc(-c2cnc(C)s2)ncn1. The Balaban J connectivity index is 1.58. The van der Waals surface area contributed by atoms with E-state index in [2.05, 4.69) is 44.4 Å². The van der Waals surface area contributed by atoms with Crippen LogP contribution in [0.1, 0.15) is 47.1 Å². The number of anilines is 1. The molecule has 4 aromatic rings. The van der Waals surface area contributed by atoms with Crippen molar-refractivity contribution in [2.75, 3.05) is 18.9 Å². The van der Waals surface area contributed by atoms with Gasteiger partial charge in [0, 0.05) is 31.2 Å². The largest absolute Gasteiger partial charge is 0.370 e. The van der Waals surface area contributed by atoms with Crippen LogP contribution in [-0.2, 0) is 0 Å². The van der Waals surface area contributed by atoms with E-state index in [0.29, 0.717) is 17.4 Å². The summed E-state index contributed by atoms with van der Waals surface area (Å²) in [6.45, 7) is 6.93. The van der Waals surface area contributed by atoms with Crippen molar-refractivity contribution >= 4 is 34.0 Å². The van der Waals surface area contributed by atoms with Crippen LogP contribution in [0.15, 0.2) is 43.0 Å². The van der Waals surface area contributed by atoms with Gasteiger partial charge in [-0.3, -0.25) is 9.78 Å². The first-order valence-corrected chi connectivity index (χ1v) is 12.0. The lowest BCUT2D eigenvalue weighted by molar-refractivity contribution is 0.0960. The normalized spacial score (nSPS) is 13.0. The van der Waals surface area contributed by atoms with Crippen LogP contribution in [0.2, 0.25) is 0 Å². The van der Waals surface area contributed by atoms with Gasteiger partial charge in [0.2, 0.25) is 0 Å². The van der Waals surface area contributed by atoms with Gasteiger partial charge in [-0.15, -0.1) is 11.3 Å². The smallest absolute Gasteiger partial charge is 0.254 e. The Hall–Kier alpha value is -3.46. The first kappa shape index (κ1) is 23.7. The highest BCUT2D eigenvalue weighted by atomic mass is 32.1. The number of aromatic nitrogens is 4. The van der Waals surface area contributed by atoms with Crippen molar-refractivity contribution in [1.29, 1.82) is 0 Å². The lowest BCUT2D eigenvalue weighted by Crippen LogP contribution is -2.21. The van der Waals surface area contributed by atoms with Crippen LogP contribution in [0.3, 0.4) is 0 Å². The fourth-order valence-electron chi connectivity index (χ4n) is 4.28. The number of fused-ring (bicyclic) bond motifs is 1. The fourth-order valence-corrected chi connectivity index (χ4v) is 5.03. The number of hydrogen-bond acceptors (Lipinski definition) is 7. The van der Waals surface area contributed by atoms with Crippen molar-refractivity contribution < 1.29 is 9.18 Å². The quantitative estimate of drug-likeness (QED) is 0.362. The maximum absolute atomic E-state index is 14.4. The molecule has 0 aliphatic heterocycles. The minimum atomic E-state index is -0.623. The number of carbonyl (C=O) groups excluding carboxylic acids is 1. The van der Waals surface area contributed by atoms with Crippen molar-refractivity contribution in [1.82, 2.24) is 25.3 Å². The molecule has 0 aliphatic rings. The Labute approximate surface area is 201 Å². The maximum Gasteiger partial charge on any atom is 0.254 e. The van der Waals surface area contributed by atoms with Gasteiger partial charge in [0.1, 0.15) is 12.1 Å². The molecule has 1 aromatic carbocycles. The van der Waals surface area contributed by atoms with Gasteiger partial charge in [-0.2, -0.15) is 0 Å². The second-order valence-corrected chi connectivity index (χ2v) is 9.44. The molecule has 0 saturated heterocycles. The predicted molar refractivity (Wildman–Crippen MR) is 134 cm³/mol. The molecule has 4 rings (SSSR count). The summed E-state index contributed by atoms with van der Waals surface area (Å²) in [5, 5.41) is 7.47. The Kier molecular flexibility index (Phi) is 7.12. The molecule has 2 N–H and O–H groups in total. The highest BCUT2D eigenvalue weighted by Crippen LogP contribution is 2.34. The van der Waals surface area contributed by atoms with Crippen molar-refractivity contribution in [3.63, 3.8) is 0 Å². The molecule has 3 heterocycles. The zero-order valence-corrected chi connectivity index (χ0v) is 20.4. The summed E-state index contributed by atoms with van der Waals surface area (Å²) in [4.78, 5) is 30.7. The fraction of sp³-hybridized carbons (Fsp3) is 0.320. The van der Waals surface area contributed by atoms with Crippen LogP contribution < -0.4 is 10.6 Å². The van der Waals surface area contributed by atoms with E-state index in [1.54, 1.807) is 23.7 Å². The van der Waals surface area contributed by atoms with E-state index < -0.39 is 11.7 Å². The molecule has 0 bridgehead atoms. The number of amides is 1. The number of para-hydroxylation sites is 1. The van der Waals surface area contributed by atoms with Crippen LogP contribution in [-0.4, -0.2) is 39.4 Å². The molecule has 7 nitrogen and oxygen atoms in total. The van der Waals surface area contributed by atoms with Crippen molar-refractivity contribution in [3.8, 4) is 10.6 Å². The number of halogens is 1. The molecule has 176 valence electrons. The molecule has 2 atom stereocenters. The molecule has 34 heavy (non-hydrogen) atoms. The lowest BCUT2D eigenvalue weighted by atomic mass is 9.83. The molecule has 2 unspecified atom stereocenters. The Morgan fingerprint density at radius 1 is 1.18 bits per heavy atom. The number of hydrogen-bond donors (Lipinski definition) is 2. The predicted octanol–water partition coefficient (Wildman–Crippen LogP) is 5.20. The van der Waals surface area contributed by atoms with Gasteiger partial charge < -0.3 is 10.6 Å². The molecule has 0 fully saturated rings. The van der Waals surface area contributed by atoms with Crippen molar-refractivity contribution in [2.24, 2.45) is 5.92 Å². The molecule has 1 amide bonds. The zero-order chi connectivity index (χ0) is 24.2. The Morgan fingerprint density at radius 2 is 2.00 bits per heavy atom. The van der Waals surface area contributed by atoms with Crippen molar-refractivity contribution in [2.45, 2.75) is 33.1 Å². The minimum Gasteiger partial charge on any atom is -0.370 e. The van der Waals surface area contributed by atoms with Crippen molar-refractivity contribution in [3.05, 3.63) is 64.9 Å². The van der Waals surface area contributed by atoms with Gasteiger partial charge in [-0.25, -0.2) is 19.3 Å². The number of thiazole rings is 1. The maximum atomic E-state index is 14.4. The third kappa shape index (κ3) is 4.75. The van der Waals surface area contributed by atoms with E-state index >= 15 is 0 Å². The summed E-state index contributed by atoms with van der Waals surface area (Å²) in [6, 6.07) is 7.55. The summed E-state index contributed by atoms with van der Waals surface area (Å²) in [6.07, 6.45) is 5.38. The number of nitrogens with one attached hydrogen (secondary N) is 2. The number of rotatable bonds is 8. The summed E-state index contributed by atoms with van der Waals surface area (Å²) >= 11 is 1.60. The monoisotopic (exact) mass is 478 g/mol. The number of aryl methyl sites for hydroxylation is 1. The van der Waals surface area contributed by atoms with Crippen LogP contribution in [0, 0.1) is 18.7 Å². The lowest BCUT2D eigenvalue weighted by Gasteiger charge is -2.25. The molecule has 3 aromatic heterocycles. The van der Waals surface area contributed by atoms with E-state index in [4.69, 9.17) is 0 Å².